The number of hydrogen-bond donors (Lipinski definition) is 2. The average molecular weight is 548 g/mol. The maximum absolute atomic E-state index is 13.4. The van der Waals surface area contributed by atoms with Crippen LogP contribution < -0.4 is 5.32 Å². The molecule has 210 valence electrons. The SMILES string of the molecule is CC(C)(O)[C@]1(C(=O)NCc2cc(C(F)(F)F)cc(C(F)(F)F)c2)CC[C@@H](N2CCC(n3ccnn3)CC2)C1. The van der Waals surface area contributed by atoms with Crippen LogP contribution in [-0.4, -0.2) is 55.6 Å². The van der Waals surface area contributed by atoms with Crippen LogP contribution in [-0.2, 0) is 23.7 Å². The van der Waals surface area contributed by atoms with Gasteiger partial charge in [0.2, 0.25) is 5.91 Å². The van der Waals surface area contributed by atoms with Crippen molar-refractivity contribution >= 4 is 5.91 Å². The van der Waals surface area contributed by atoms with Crippen molar-refractivity contribution in [3.8, 4) is 0 Å². The molecule has 1 amide bonds. The van der Waals surface area contributed by atoms with Crippen molar-refractivity contribution < 1.29 is 36.2 Å². The van der Waals surface area contributed by atoms with Gasteiger partial charge in [0.1, 0.15) is 0 Å². The summed E-state index contributed by atoms with van der Waals surface area (Å²) in [5.41, 5.74) is -5.91. The monoisotopic (exact) mass is 547 g/mol. The van der Waals surface area contributed by atoms with Gasteiger partial charge in [-0.1, -0.05) is 5.21 Å². The molecule has 2 aromatic rings. The van der Waals surface area contributed by atoms with Gasteiger partial charge in [-0.2, -0.15) is 26.3 Å². The molecule has 2 atom stereocenters. The molecule has 2 aliphatic rings. The van der Waals surface area contributed by atoms with Crippen LogP contribution >= 0.6 is 0 Å². The molecule has 4 rings (SSSR count). The number of likely N-dealkylation sites (tertiary alicyclic amines) is 1. The molecule has 0 radical (unpaired) electrons. The predicted octanol–water partition coefficient (Wildman–Crippen LogP) is 4.58. The number of hydrogen-bond acceptors (Lipinski definition) is 5. The van der Waals surface area contributed by atoms with E-state index in [2.05, 4.69) is 20.5 Å². The molecule has 1 saturated carbocycles. The van der Waals surface area contributed by atoms with Crippen LogP contribution in [0.4, 0.5) is 26.3 Å². The summed E-state index contributed by atoms with van der Waals surface area (Å²) in [5, 5.41) is 21.5. The Morgan fingerprint density at radius 1 is 1.03 bits per heavy atom. The number of piperidine rings is 1. The Morgan fingerprint density at radius 2 is 1.63 bits per heavy atom. The smallest absolute Gasteiger partial charge is 0.389 e. The Bertz CT molecular complexity index is 1090. The number of carbonyl (C=O) groups is 1. The summed E-state index contributed by atoms with van der Waals surface area (Å²) < 4.78 is 81.2. The van der Waals surface area contributed by atoms with Crippen molar-refractivity contribution in [2.75, 3.05) is 13.1 Å². The van der Waals surface area contributed by atoms with E-state index in [0.29, 0.717) is 31.4 Å². The van der Waals surface area contributed by atoms with Crippen molar-refractivity contribution in [3.05, 3.63) is 47.3 Å². The second-order valence-corrected chi connectivity index (χ2v) is 10.8. The van der Waals surface area contributed by atoms with Gasteiger partial charge in [-0.3, -0.25) is 4.79 Å². The molecule has 1 aliphatic heterocycles. The lowest BCUT2D eigenvalue weighted by Crippen LogP contribution is -2.53. The molecule has 13 heteroatoms. The van der Waals surface area contributed by atoms with Gasteiger partial charge in [-0.25, -0.2) is 4.68 Å². The topological polar surface area (TPSA) is 83.3 Å². The molecule has 1 aliphatic carbocycles. The quantitative estimate of drug-likeness (QED) is 0.518. The first-order valence-electron chi connectivity index (χ1n) is 12.5. The molecular weight excluding hydrogens is 516 g/mol. The van der Waals surface area contributed by atoms with Crippen LogP contribution in [0.3, 0.4) is 0 Å². The lowest BCUT2D eigenvalue weighted by Gasteiger charge is -2.41. The molecule has 1 aromatic carbocycles. The number of aromatic nitrogens is 3. The van der Waals surface area contributed by atoms with Crippen molar-refractivity contribution in [2.24, 2.45) is 5.41 Å². The third-order valence-corrected chi connectivity index (χ3v) is 8.03. The van der Waals surface area contributed by atoms with E-state index in [1.165, 1.54) is 13.8 Å². The van der Waals surface area contributed by atoms with E-state index in [1.807, 2.05) is 10.9 Å². The molecule has 0 bridgehead atoms. The molecule has 2 heterocycles. The van der Waals surface area contributed by atoms with Gasteiger partial charge in [0.15, 0.2) is 0 Å². The number of nitrogens with zero attached hydrogens (tertiary/aromatic N) is 4. The molecule has 1 aromatic heterocycles. The maximum Gasteiger partial charge on any atom is 0.416 e. The summed E-state index contributed by atoms with van der Waals surface area (Å²) in [4.78, 5) is 15.7. The highest BCUT2D eigenvalue weighted by atomic mass is 19.4. The van der Waals surface area contributed by atoms with Crippen molar-refractivity contribution in [1.29, 1.82) is 0 Å². The van der Waals surface area contributed by atoms with E-state index in [-0.39, 0.29) is 23.7 Å². The Labute approximate surface area is 216 Å². The first kappa shape index (κ1) is 28.3. The minimum Gasteiger partial charge on any atom is -0.389 e. The number of nitrogens with one attached hydrogen (secondary N) is 1. The van der Waals surface area contributed by atoms with Crippen LogP contribution in [0.25, 0.3) is 0 Å². The summed E-state index contributed by atoms with van der Waals surface area (Å²) >= 11 is 0. The molecule has 0 spiro atoms. The van der Waals surface area contributed by atoms with Crippen LogP contribution in [0, 0.1) is 5.41 Å². The maximum atomic E-state index is 13.4. The van der Waals surface area contributed by atoms with Crippen molar-refractivity contribution in [3.63, 3.8) is 0 Å². The van der Waals surface area contributed by atoms with Gasteiger partial charge in [-0.15, -0.1) is 5.10 Å². The fourth-order valence-corrected chi connectivity index (χ4v) is 5.77. The molecule has 7 nitrogen and oxygen atoms in total. The summed E-state index contributed by atoms with van der Waals surface area (Å²) in [6.45, 7) is 4.03. The summed E-state index contributed by atoms with van der Waals surface area (Å²) in [7, 11) is 0. The van der Waals surface area contributed by atoms with E-state index >= 15 is 0 Å². The van der Waals surface area contributed by atoms with Crippen LogP contribution in [0.15, 0.2) is 30.6 Å². The fourth-order valence-electron chi connectivity index (χ4n) is 5.77. The number of carbonyl (C=O) groups excluding carboxylic acids is 1. The molecule has 0 unspecified atom stereocenters. The number of benzene rings is 1. The molecule has 38 heavy (non-hydrogen) atoms. The fraction of sp³-hybridized carbons (Fsp3) is 0.640. The van der Waals surface area contributed by atoms with E-state index in [1.54, 1.807) is 6.20 Å². The zero-order valence-electron chi connectivity index (χ0n) is 21.1. The highest BCUT2D eigenvalue weighted by molar-refractivity contribution is 5.84. The minimum absolute atomic E-state index is 0.00857. The van der Waals surface area contributed by atoms with Gasteiger partial charge in [0.25, 0.3) is 0 Å². The molecule has 1 saturated heterocycles. The van der Waals surface area contributed by atoms with E-state index in [9.17, 15) is 36.2 Å². The lowest BCUT2D eigenvalue weighted by molar-refractivity contribution is -0.147. The number of rotatable bonds is 6. The first-order chi connectivity index (χ1) is 17.6. The standard InChI is InChI=1S/C25H31F6N5O2/c1-22(2,38)23(6-3-20(14-23)35-8-4-19(5-9-35)36-10-7-33-34-36)21(37)32-15-16-11-17(24(26,27)28)13-18(12-16)25(29,30)31/h7,10-13,19-20,38H,3-6,8-9,14-15H2,1-2H3,(H,32,37)/t20-,23-/m1/s1. The second kappa shape index (κ2) is 10.1. The summed E-state index contributed by atoms with van der Waals surface area (Å²) in [5.74, 6) is -0.587. The Morgan fingerprint density at radius 3 is 2.13 bits per heavy atom. The van der Waals surface area contributed by atoms with E-state index < -0.39 is 46.9 Å². The Balaban J connectivity index is 1.46. The summed E-state index contributed by atoms with van der Waals surface area (Å²) in [6, 6.07) is 1.49. The minimum atomic E-state index is -4.98. The van der Waals surface area contributed by atoms with Gasteiger partial charge < -0.3 is 15.3 Å². The predicted molar refractivity (Wildman–Crippen MR) is 125 cm³/mol. The molecule has 2 fully saturated rings. The van der Waals surface area contributed by atoms with Gasteiger partial charge >= 0.3 is 12.4 Å². The van der Waals surface area contributed by atoms with Gasteiger partial charge in [0.05, 0.1) is 34.4 Å². The van der Waals surface area contributed by atoms with E-state index in [0.717, 1.165) is 25.9 Å². The lowest BCUT2D eigenvalue weighted by atomic mass is 9.71. The average Bonchev–Trinajstić information content (AvgIpc) is 3.52. The number of halogens is 6. The number of amides is 1. The number of aliphatic hydroxyl groups is 1. The molecular formula is C25H31F6N5O2. The largest absolute Gasteiger partial charge is 0.416 e. The normalized spacial score (nSPS) is 24.1. The summed E-state index contributed by atoms with van der Waals surface area (Å²) in [6.07, 6.45) is -3.52. The number of alkyl halides is 6. The zero-order valence-corrected chi connectivity index (χ0v) is 21.1. The van der Waals surface area contributed by atoms with Crippen LogP contribution in [0.2, 0.25) is 0 Å². The molecule has 2 N–H and O–H groups in total. The second-order valence-electron chi connectivity index (χ2n) is 10.8. The zero-order chi connectivity index (χ0) is 27.9. The van der Waals surface area contributed by atoms with Gasteiger partial charge in [0, 0.05) is 31.9 Å². The third-order valence-electron chi connectivity index (χ3n) is 8.03. The van der Waals surface area contributed by atoms with Crippen molar-refractivity contribution in [1.82, 2.24) is 25.2 Å². The third kappa shape index (κ3) is 5.83. The van der Waals surface area contributed by atoms with Crippen molar-refractivity contribution in [2.45, 2.75) is 82.5 Å². The highest BCUT2D eigenvalue weighted by Gasteiger charge is 2.55. The Hall–Kier alpha value is -2.67. The van der Waals surface area contributed by atoms with Crippen LogP contribution in [0.1, 0.15) is 68.7 Å². The Kier molecular flexibility index (Phi) is 7.56. The highest BCUT2D eigenvalue weighted by Crippen LogP contribution is 2.49. The van der Waals surface area contributed by atoms with E-state index in [4.69, 9.17) is 0 Å². The van der Waals surface area contributed by atoms with Crippen LogP contribution in [0.5, 0.6) is 0 Å². The first-order valence-corrected chi connectivity index (χ1v) is 12.5. The van der Waals surface area contributed by atoms with Gasteiger partial charge in [-0.05, 0) is 69.7 Å².